The van der Waals surface area contributed by atoms with Crippen LogP contribution >= 0.6 is 11.6 Å². The van der Waals surface area contributed by atoms with Crippen LogP contribution in [-0.4, -0.2) is 31.9 Å². The standard InChI is InChI=1S/C17H15ClN2O3S/c18-15-6-4-13(5-7-15)12-23-16-10-20(11-16)24(21,22)17-3-1-2-14(8-17)9-19/h1-8,16H,10-12H2. The van der Waals surface area contributed by atoms with Crippen molar-refractivity contribution >= 4 is 21.6 Å². The molecule has 24 heavy (non-hydrogen) atoms. The molecule has 2 aromatic carbocycles. The second-order valence-corrected chi connectivity index (χ2v) is 7.90. The highest BCUT2D eigenvalue weighted by Gasteiger charge is 2.37. The average Bonchev–Trinajstić information content (AvgIpc) is 2.55. The topological polar surface area (TPSA) is 70.4 Å². The third-order valence-electron chi connectivity index (χ3n) is 3.81. The SMILES string of the molecule is N#Cc1cccc(S(=O)(=O)N2CC(OCc3ccc(Cl)cc3)C2)c1. The molecule has 0 spiro atoms. The van der Waals surface area contributed by atoms with Crippen molar-refractivity contribution in [3.05, 3.63) is 64.7 Å². The molecule has 1 fully saturated rings. The number of hydrogen-bond acceptors (Lipinski definition) is 4. The van der Waals surface area contributed by atoms with Gasteiger partial charge in [0.25, 0.3) is 0 Å². The van der Waals surface area contributed by atoms with Crippen molar-refractivity contribution in [3.63, 3.8) is 0 Å². The maximum absolute atomic E-state index is 12.5. The number of hydrogen-bond donors (Lipinski definition) is 0. The first-order chi connectivity index (χ1) is 11.5. The third kappa shape index (κ3) is 3.60. The summed E-state index contributed by atoms with van der Waals surface area (Å²) in [6.07, 6.45) is -0.130. The second-order valence-electron chi connectivity index (χ2n) is 5.52. The van der Waals surface area contributed by atoms with Crippen LogP contribution in [0.3, 0.4) is 0 Å². The monoisotopic (exact) mass is 362 g/mol. The molecule has 0 saturated carbocycles. The number of nitriles is 1. The highest BCUT2D eigenvalue weighted by molar-refractivity contribution is 7.89. The Labute approximate surface area is 146 Å². The molecule has 0 atom stereocenters. The number of sulfonamides is 1. The molecule has 124 valence electrons. The van der Waals surface area contributed by atoms with Crippen LogP contribution in [0.1, 0.15) is 11.1 Å². The number of rotatable bonds is 5. The predicted molar refractivity (Wildman–Crippen MR) is 89.9 cm³/mol. The molecular formula is C17H15ClN2O3S. The molecule has 0 aromatic heterocycles. The molecule has 1 aliphatic rings. The number of ether oxygens (including phenoxy) is 1. The summed E-state index contributed by atoms with van der Waals surface area (Å²) in [5, 5.41) is 9.55. The van der Waals surface area contributed by atoms with Gasteiger partial charge < -0.3 is 4.74 Å². The van der Waals surface area contributed by atoms with Gasteiger partial charge >= 0.3 is 0 Å². The van der Waals surface area contributed by atoms with Gasteiger partial charge in [0.15, 0.2) is 0 Å². The van der Waals surface area contributed by atoms with Gasteiger partial charge in [0, 0.05) is 18.1 Å². The molecule has 7 heteroatoms. The van der Waals surface area contributed by atoms with Crippen LogP contribution < -0.4 is 0 Å². The van der Waals surface area contributed by atoms with E-state index in [2.05, 4.69) is 0 Å². The van der Waals surface area contributed by atoms with E-state index in [0.29, 0.717) is 30.3 Å². The summed E-state index contributed by atoms with van der Waals surface area (Å²) in [5.74, 6) is 0. The van der Waals surface area contributed by atoms with E-state index in [1.807, 2.05) is 18.2 Å². The zero-order valence-electron chi connectivity index (χ0n) is 12.7. The molecular weight excluding hydrogens is 348 g/mol. The molecule has 0 aliphatic carbocycles. The minimum absolute atomic E-state index is 0.130. The van der Waals surface area contributed by atoms with Crippen molar-refractivity contribution in [2.45, 2.75) is 17.6 Å². The summed E-state index contributed by atoms with van der Waals surface area (Å²) in [5.41, 5.74) is 1.31. The van der Waals surface area contributed by atoms with Crippen LogP contribution in [0.2, 0.25) is 5.02 Å². The lowest BCUT2D eigenvalue weighted by atomic mass is 10.2. The summed E-state index contributed by atoms with van der Waals surface area (Å²) >= 11 is 5.83. The van der Waals surface area contributed by atoms with Crippen LogP contribution in [0.25, 0.3) is 0 Å². The van der Waals surface area contributed by atoms with Gasteiger partial charge in [-0.25, -0.2) is 8.42 Å². The van der Waals surface area contributed by atoms with Crippen molar-refractivity contribution in [2.24, 2.45) is 0 Å². The van der Waals surface area contributed by atoms with Crippen LogP contribution in [0.15, 0.2) is 53.4 Å². The highest BCUT2D eigenvalue weighted by Crippen LogP contribution is 2.24. The molecule has 1 aliphatic heterocycles. The second kappa shape index (κ2) is 6.91. The van der Waals surface area contributed by atoms with Gasteiger partial charge in [-0.05, 0) is 35.9 Å². The lowest BCUT2D eigenvalue weighted by molar-refractivity contribution is -0.0295. The van der Waals surface area contributed by atoms with E-state index in [-0.39, 0.29) is 11.0 Å². The minimum atomic E-state index is -3.57. The Kier molecular flexibility index (Phi) is 4.88. The molecule has 0 radical (unpaired) electrons. The van der Waals surface area contributed by atoms with E-state index in [9.17, 15) is 8.42 Å². The van der Waals surface area contributed by atoms with Crippen LogP contribution in [0, 0.1) is 11.3 Å². The first-order valence-electron chi connectivity index (χ1n) is 7.35. The van der Waals surface area contributed by atoms with Gasteiger partial charge in [0.1, 0.15) is 0 Å². The zero-order valence-corrected chi connectivity index (χ0v) is 14.3. The van der Waals surface area contributed by atoms with E-state index >= 15 is 0 Å². The van der Waals surface area contributed by atoms with Crippen molar-refractivity contribution in [1.82, 2.24) is 4.31 Å². The van der Waals surface area contributed by atoms with Crippen molar-refractivity contribution in [2.75, 3.05) is 13.1 Å². The van der Waals surface area contributed by atoms with Gasteiger partial charge in [-0.1, -0.05) is 29.8 Å². The van der Waals surface area contributed by atoms with Crippen molar-refractivity contribution < 1.29 is 13.2 Å². The fraction of sp³-hybridized carbons (Fsp3) is 0.235. The molecule has 0 unspecified atom stereocenters. The summed E-state index contributed by atoms with van der Waals surface area (Å²) in [4.78, 5) is 0.137. The quantitative estimate of drug-likeness (QED) is 0.820. The predicted octanol–water partition coefficient (Wildman–Crippen LogP) is 2.80. The number of halogens is 1. The van der Waals surface area contributed by atoms with Gasteiger partial charge in [-0.3, -0.25) is 0 Å². The first kappa shape index (κ1) is 16.9. The highest BCUT2D eigenvalue weighted by atomic mass is 35.5. The Morgan fingerprint density at radius 1 is 1.21 bits per heavy atom. The van der Waals surface area contributed by atoms with E-state index in [1.165, 1.54) is 16.4 Å². The van der Waals surface area contributed by atoms with Gasteiger partial charge in [0.05, 0.1) is 29.2 Å². The Balaban J connectivity index is 1.57. The first-order valence-corrected chi connectivity index (χ1v) is 9.17. The van der Waals surface area contributed by atoms with E-state index in [1.54, 1.807) is 24.3 Å². The Bertz CT molecular complexity index is 869. The minimum Gasteiger partial charge on any atom is -0.371 e. The van der Waals surface area contributed by atoms with E-state index in [0.717, 1.165) is 5.56 Å². The molecule has 0 bridgehead atoms. The largest absolute Gasteiger partial charge is 0.371 e. The molecule has 5 nitrogen and oxygen atoms in total. The maximum Gasteiger partial charge on any atom is 0.243 e. The molecule has 1 heterocycles. The Hall–Kier alpha value is -1.91. The smallest absolute Gasteiger partial charge is 0.243 e. The van der Waals surface area contributed by atoms with E-state index < -0.39 is 10.0 Å². The molecule has 2 aromatic rings. The fourth-order valence-electron chi connectivity index (χ4n) is 2.37. The van der Waals surface area contributed by atoms with Gasteiger partial charge in [-0.2, -0.15) is 9.57 Å². The Morgan fingerprint density at radius 2 is 1.92 bits per heavy atom. The maximum atomic E-state index is 12.5. The zero-order chi connectivity index (χ0) is 17.2. The van der Waals surface area contributed by atoms with Crippen molar-refractivity contribution in [1.29, 1.82) is 5.26 Å². The Morgan fingerprint density at radius 3 is 2.58 bits per heavy atom. The summed E-state index contributed by atoms with van der Waals surface area (Å²) < 4.78 is 32.0. The van der Waals surface area contributed by atoms with Crippen molar-refractivity contribution in [3.8, 4) is 6.07 Å². The third-order valence-corrected chi connectivity index (χ3v) is 5.89. The summed E-state index contributed by atoms with van der Waals surface area (Å²) in [6.45, 7) is 1.04. The van der Waals surface area contributed by atoms with Crippen LogP contribution in [-0.2, 0) is 21.4 Å². The van der Waals surface area contributed by atoms with E-state index in [4.69, 9.17) is 21.6 Å². The molecule has 3 rings (SSSR count). The van der Waals surface area contributed by atoms with Gasteiger partial charge in [0.2, 0.25) is 10.0 Å². The number of benzene rings is 2. The van der Waals surface area contributed by atoms with Crippen LogP contribution in [0.4, 0.5) is 0 Å². The lowest BCUT2D eigenvalue weighted by Crippen LogP contribution is -2.54. The molecule has 1 saturated heterocycles. The molecule has 0 N–H and O–H groups in total. The molecule has 0 amide bonds. The number of nitrogens with zero attached hydrogens (tertiary/aromatic N) is 2. The van der Waals surface area contributed by atoms with Crippen LogP contribution in [0.5, 0.6) is 0 Å². The normalized spacial score (nSPS) is 15.7. The summed E-state index contributed by atoms with van der Waals surface area (Å²) in [6, 6.07) is 15.3. The average molecular weight is 363 g/mol. The fourth-order valence-corrected chi connectivity index (χ4v) is 4.05. The summed E-state index contributed by atoms with van der Waals surface area (Å²) in [7, 11) is -3.57. The van der Waals surface area contributed by atoms with Gasteiger partial charge in [-0.15, -0.1) is 0 Å². The lowest BCUT2D eigenvalue weighted by Gasteiger charge is -2.37.